The Balaban J connectivity index is 1.78. The smallest absolute Gasteiger partial charge is 0.342 e. The molecule has 0 fully saturated rings. The van der Waals surface area contributed by atoms with Crippen LogP contribution >= 0.6 is 0 Å². The number of carbonyl (C=O) groups excluding carboxylic acids is 2. The average molecular weight is 393 g/mol. The second-order valence-electron chi connectivity index (χ2n) is 6.50. The van der Waals surface area contributed by atoms with Crippen LogP contribution in [0.4, 0.5) is 0 Å². The minimum atomic E-state index is -0.647. The molecule has 0 aliphatic rings. The summed E-state index contributed by atoms with van der Waals surface area (Å²) in [5, 5.41) is 0. The van der Waals surface area contributed by atoms with E-state index in [0.29, 0.717) is 11.3 Å². The number of nitrogens with zero attached hydrogens (tertiary/aromatic N) is 1. The molecule has 0 bridgehead atoms. The van der Waals surface area contributed by atoms with Crippen LogP contribution in [-0.2, 0) is 4.74 Å². The van der Waals surface area contributed by atoms with Gasteiger partial charge in [0, 0.05) is 22.6 Å². The van der Waals surface area contributed by atoms with Crippen molar-refractivity contribution >= 4 is 11.8 Å². The van der Waals surface area contributed by atoms with Crippen LogP contribution in [-0.4, -0.2) is 37.1 Å². The molecule has 6 nitrogen and oxygen atoms in total. The van der Waals surface area contributed by atoms with Gasteiger partial charge in [-0.2, -0.15) is 0 Å². The van der Waals surface area contributed by atoms with E-state index in [-0.39, 0.29) is 23.7 Å². The van der Waals surface area contributed by atoms with Crippen LogP contribution in [0.5, 0.6) is 11.5 Å². The molecule has 2 aromatic carbocycles. The Morgan fingerprint density at radius 3 is 2.28 bits per heavy atom. The van der Waals surface area contributed by atoms with Crippen molar-refractivity contribution in [1.82, 2.24) is 4.57 Å². The number of Topliss-reactive ketones (excluding diaryl/α,β-unsaturated/α-hetero) is 1. The van der Waals surface area contributed by atoms with Gasteiger partial charge in [-0.3, -0.25) is 4.79 Å². The first-order valence-electron chi connectivity index (χ1n) is 9.13. The van der Waals surface area contributed by atoms with E-state index in [4.69, 9.17) is 14.2 Å². The molecular weight excluding hydrogens is 370 g/mol. The maximum absolute atomic E-state index is 12.7. The Bertz CT molecular complexity index is 1040. The van der Waals surface area contributed by atoms with Gasteiger partial charge in [-0.05, 0) is 44.2 Å². The molecule has 3 rings (SSSR count). The number of rotatable bonds is 7. The molecule has 0 spiro atoms. The standard InChI is InChI=1S/C23H23NO5/c1-15-13-19(16(2)24(15)17-9-6-5-7-10-17)20(25)14-29-23(26)18-11-8-12-21(27-3)22(18)28-4/h5-13H,14H2,1-4H3. The van der Waals surface area contributed by atoms with Crippen molar-refractivity contribution < 1.29 is 23.8 Å². The lowest BCUT2D eigenvalue weighted by molar-refractivity contribution is 0.0471. The number of methoxy groups -OCH3 is 2. The van der Waals surface area contributed by atoms with Gasteiger partial charge in [-0.1, -0.05) is 24.3 Å². The molecule has 150 valence electrons. The third kappa shape index (κ3) is 4.01. The lowest BCUT2D eigenvalue weighted by Crippen LogP contribution is -2.15. The van der Waals surface area contributed by atoms with E-state index >= 15 is 0 Å². The van der Waals surface area contributed by atoms with Crippen LogP contribution in [0.2, 0.25) is 0 Å². The van der Waals surface area contributed by atoms with Gasteiger partial charge in [0.15, 0.2) is 18.1 Å². The Morgan fingerprint density at radius 1 is 0.897 bits per heavy atom. The van der Waals surface area contributed by atoms with Crippen LogP contribution in [0.15, 0.2) is 54.6 Å². The Morgan fingerprint density at radius 2 is 1.62 bits per heavy atom. The molecule has 0 saturated heterocycles. The summed E-state index contributed by atoms with van der Waals surface area (Å²) >= 11 is 0. The quantitative estimate of drug-likeness (QED) is 0.446. The number of ketones is 1. The third-order valence-electron chi connectivity index (χ3n) is 4.70. The summed E-state index contributed by atoms with van der Waals surface area (Å²) in [6.07, 6.45) is 0. The van der Waals surface area contributed by atoms with Gasteiger partial charge in [-0.25, -0.2) is 4.79 Å². The highest BCUT2D eigenvalue weighted by Gasteiger charge is 2.21. The van der Waals surface area contributed by atoms with E-state index in [1.54, 1.807) is 18.2 Å². The van der Waals surface area contributed by atoms with E-state index in [1.165, 1.54) is 14.2 Å². The van der Waals surface area contributed by atoms with E-state index in [1.807, 2.05) is 54.8 Å². The predicted octanol–water partition coefficient (Wildman–Crippen LogP) is 4.15. The summed E-state index contributed by atoms with van der Waals surface area (Å²) in [4.78, 5) is 25.2. The molecule has 0 N–H and O–H groups in total. The fourth-order valence-electron chi connectivity index (χ4n) is 3.35. The number of benzene rings is 2. The highest BCUT2D eigenvalue weighted by atomic mass is 16.5. The number of esters is 1. The van der Waals surface area contributed by atoms with Crippen LogP contribution in [0, 0.1) is 13.8 Å². The number of ether oxygens (including phenoxy) is 3. The first kappa shape index (κ1) is 20.2. The molecule has 0 unspecified atom stereocenters. The zero-order valence-corrected chi connectivity index (χ0v) is 16.9. The highest BCUT2D eigenvalue weighted by molar-refractivity contribution is 6.01. The molecule has 0 aliphatic heterocycles. The SMILES string of the molecule is COc1cccc(C(=O)OCC(=O)c2cc(C)n(-c3ccccc3)c2C)c1OC. The van der Waals surface area contributed by atoms with Gasteiger partial charge in [0.1, 0.15) is 5.56 Å². The molecule has 1 heterocycles. The molecule has 0 radical (unpaired) electrons. The van der Waals surface area contributed by atoms with E-state index in [2.05, 4.69) is 0 Å². The highest BCUT2D eigenvalue weighted by Crippen LogP contribution is 2.31. The third-order valence-corrected chi connectivity index (χ3v) is 4.70. The second-order valence-corrected chi connectivity index (χ2v) is 6.50. The lowest BCUT2D eigenvalue weighted by atomic mass is 10.1. The van der Waals surface area contributed by atoms with Gasteiger partial charge in [0.25, 0.3) is 0 Å². The van der Waals surface area contributed by atoms with Gasteiger partial charge in [0.05, 0.1) is 14.2 Å². The molecule has 29 heavy (non-hydrogen) atoms. The molecule has 0 aliphatic carbocycles. The molecule has 6 heteroatoms. The minimum Gasteiger partial charge on any atom is -0.493 e. The van der Waals surface area contributed by atoms with Gasteiger partial charge in [0.2, 0.25) is 5.78 Å². The number of aryl methyl sites for hydroxylation is 1. The normalized spacial score (nSPS) is 10.5. The summed E-state index contributed by atoms with van der Waals surface area (Å²) < 4.78 is 17.7. The van der Waals surface area contributed by atoms with Gasteiger partial charge in [-0.15, -0.1) is 0 Å². The topological polar surface area (TPSA) is 66.8 Å². The second kappa shape index (κ2) is 8.65. The fraction of sp³-hybridized carbons (Fsp3) is 0.217. The molecule has 0 saturated carbocycles. The first-order valence-corrected chi connectivity index (χ1v) is 9.13. The predicted molar refractivity (Wildman–Crippen MR) is 109 cm³/mol. The number of hydrogen-bond donors (Lipinski definition) is 0. The summed E-state index contributed by atoms with van der Waals surface area (Å²) in [6, 6.07) is 16.5. The Hall–Kier alpha value is -3.54. The maximum atomic E-state index is 12.7. The van der Waals surface area contributed by atoms with Crippen LogP contribution in [0.3, 0.4) is 0 Å². The zero-order chi connectivity index (χ0) is 21.0. The summed E-state index contributed by atoms with van der Waals surface area (Å²) in [5.41, 5.74) is 3.43. The lowest BCUT2D eigenvalue weighted by Gasteiger charge is -2.12. The summed E-state index contributed by atoms with van der Waals surface area (Å²) in [6.45, 7) is 3.45. The van der Waals surface area contributed by atoms with Crippen molar-refractivity contribution in [2.24, 2.45) is 0 Å². The number of carbonyl (C=O) groups is 2. The summed E-state index contributed by atoms with van der Waals surface area (Å²) in [5.74, 6) is -0.226. The number of aromatic nitrogens is 1. The van der Waals surface area contributed by atoms with Crippen molar-refractivity contribution in [2.75, 3.05) is 20.8 Å². The Kier molecular flexibility index (Phi) is 6.02. The van der Waals surface area contributed by atoms with Crippen molar-refractivity contribution in [3.05, 3.63) is 77.1 Å². The molecule has 3 aromatic rings. The van der Waals surface area contributed by atoms with Crippen molar-refractivity contribution in [3.8, 4) is 17.2 Å². The van der Waals surface area contributed by atoms with Crippen LogP contribution < -0.4 is 9.47 Å². The molecular formula is C23H23NO5. The van der Waals surface area contributed by atoms with Gasteiger partial charge < -0.3 is 18.8 Å². The van der Waals surface area contributed by atoms with Gasteiger partial charge >= 0.3 is 5.97 Å². The average Bonchev–Trinajstić information content (AvgIpc) is 3.05. The number of hydrogen-bond acceptors (Lipinski definition) is 5. The Labute approximate surface area is 169 Å². The fourth-order valence-corrected chi connectivity index (χ4v) is 3.35. The largest absolute Gasteiger partial charge is 0.493 e. The van der Waals surface area contributed by atoms with E-state index in [9.17, 15) is 9.59 Å². The molecule has 1 aromatic heterocycles. The molecule has 0 amide bonds. The molecule has 0 atom stereocenters. The van der Waals surface area contributed by atoms with Crippen LogP contribution in [0.1, 0.15) is 32.1 Å². The van der Waals surface area contributed by atoms with E-state index < -0.39 is 5.97 Å². The first-order chi connectivity index (χ1) is 14.0. The van der Waals surface area contributed by atoms with Crippen molar-refractivity contribution in [3.63, 3.8) is 0 Å². The van der Waals surface area contributed by atoms with Crippen molar-refractivity contribution in [1.29, 1.82) is 0 Å². The van der Waals surface area contributed by atoms with Crippen molar-refractivity contribution in [2.45, 2.75) is 13.8 Å². The zero-order valence-electron chi connectivity index (χ0n) is 16.9. The number of para-hydroxylation sites is 2. The van der Waals surface area contributed by atoms with Crippen LogP contribution in [0.25, 0.3) is 5.69 Å². The minimum absolute atomic E-state index is 0.203. The maximum Gasteiger partial charge on any atom is 0.342 e. The van der Waals surface area contributed by atoms with E-state index in [0.717, 1.165) is 17.1 Å². The summed E-state index contributed by atoms with van der Waals surface area (Å²) in [7, 11) is 2.93. The monoisotopic (exact) mass is 393 g/mol.